The summed E-state index contributed by atoms with van der Waals surface area (Å²) in [5.41, 5.74) is 0. The highest BCUT2D eigenvalue weighted by Gasteiger charge is 2.20. The third kappa shape index (κ3) is 3.79. The molecule has 1 saturated carbocycles. The molecule has 2 heteroatoms. The topological polar surface area (TPSA) is 37.3 Å². The van der Waals surface area contributed by atoms with Crippen molar-refractivity contribution in [3.8, 4) is 0 Å². The van der Waals surface area contributed by atoms with Crippen molar-refractivity contribution in [2.45, 2.75) is 51.9 Å². The molecule has 1 aliphatic carbocycles. The molecule has 1 aliphatic rings. The highest BCUT2D eigenvalue weighted by Crippen LogP contribution is 2.33. The van der Waals surface area contributed by atoms with Gasteiger partial charge in [0.05, 0.1) is 0 Å². The van der Waals surface area contributed by atoms with Crippen LogP contribution < -0.4 is 0 Å². The first kappa shape index (κ1) is 10.6. The maximum absolute atomic E-state index is 10.4. The van der Waals surface area contributed by atoms with Crippen LogP contribution in [0.3, 0.4) is 0 Å². The number of aliphatic carboxylic acids is 1. The molecule has 1 fully saturated rings. The molecule has 1 N–H and O–H groups in total. The molecule has 0 heterocycles. The van der Waals surface area contributed by atoms with Gasteiger partial charge in [0.25, 0.3) is 0 Å². The minimum atomic E-state index is -0.640. The van der Waals surface area contributed by atoms with Crippen molar-refractivity contribution in [2.75, 3.05) is 0 Å². The van der Waals surface area contributed by atoms with Gasteiger partial charge in [0, 0.05) is 6.42 Å². The van der Waals surface area contributed by atoms with E-state index in [1.165, 1.54) is 32.1 Å². The van der Waals surface area contributed by atoms with E-state index in [-0.39, 0.29) is 0 Å². The first-order chi connectivity index (χ1) is 6.22. The summed E-state index contributed by atoms with van der Waals surface area (Å²) in [5, 5.41) is 8.57. The van der Waals surface area contributed by atoms with E-state index in [1.807, 2.05) is 0 Å². The fourth-order valence-corrected chi connectivity index (χ4v) is 2.36. The summed E-state index contributed by atoms with van der Waals surface area (Å²) in [4.78, 5) is 10.4. The number of carboxylic acid groups (broad SMARTS) is 1. The number of carboxylic acids is 1. The monoisotopic (exact) mass is 184 g/mol. The summed E-state index contributed by atoms with van der Waals surface area (Å²) in [6, 6.07) is 0. The molecule has 0 aromatic heterocycles. The van der Waals surface area contributed by atoms with Crippen LogP contribution in [-0.2, 0) is 4.79 Å². The minimum Gasteiger partial charge on any atom is -0.481 e. The van der Waals surface area contributed by atoms with Crippen molar-refractivity contribution in [1.82, 2.24) is 0 Å². The largest absolute Gasteiger partial charge is 0.481 e. The molecule has 13 heavy (non-hydrogen) atoms. The van der Waals surface area contributed by atoms with E-state index in [0.717, 1.165) is 12.3 Å². The van der Waals surface area contributed by atoms with Crippen LogP contribution in [0, 0.1) is 11.8 Å². The van der Waals surface area contributed by atoms with Crippen molar-refractivity contribution in [2.24, 2.45) is 11.8 Å². The van der Waals surface area contributed by atoms with Crippen molar-refractivity contribution in [3.63, 3.8) is 0 Å². The van der Waals surface area contributed by atoms with Gasteiger partial charge in [-0.3, -0.25) is 4.79 Å². The fourth-order valence-electron chi connectivity index (χ4n) is 2.36. The van der Waals surface area contributed by atoms with E-state index in [2.05, 4.69) is 6.92 Å². The zero-order chi connectivity index (χ0) is 9.68. The molecule has 2 atom stereocenters. The molecule has 2 unspecified atom stereocenters. The average Bonchev–Trinajstić information content (AvgIpc) is 2.15. The second-order valence-electron chi connectivity index (χ2n) is 4.24. The summed E-state index contributed by atoms with van der Waals surface area (Å²) in [7, 11) is 0. The lowest BCUT2D eigenvalue weighted by molar-refractivity contribution is -0.137. The van der Waals surface area contributed by atoms with Crippen LogP contribution in [0.4, 0.5) is 0 Å². The van der Waals surface area contributed by atoms with Crippen LogP contribution in [0.1, 0.15) is 51.9 Å². The minimum absolute atomic E-state index is 0.362. The molecular formula is C11H20O2. The van der Waals surface area contributed by atoms with Gasteiger partial charge < -0.3 is 5.11 Å². The first-order valence-electron chi connectivity index (χ1n) is 5.44. The van der Waals surface area contributed by atoms with Crippen LogP contribution >= 0.6 is 0 Å². The maximum atomic E-state index is 10.4. The highest BCUT2D eigenvalue weighted by atomic mass is 16.4. The zero-order valence-electron chi connectivity index (χ0n) is 8.46. The van der Waals surface area contributed by atoms with Gasteiger partial charge in [-0.25, -0.2) is 0 Å². The van der Waals surface area contributed by atoms with Gasteiger partial charge in [-0.2, -0.15) is 0 Å². The first-order valence-corrected chi connectivity index (χ1v) is 5.44. The van der Waals surface area contributed by atoms with Crippen molar-refractivity contribution in [1.29, 1.82) is 0 Å². The molecule has 0 aromatic rings. The molecule has 76 valence electrons. The van der Waals surface area contributed by atoms with Gasteiger partial charge in [-0.15, -0.1) is 0 Å². The summed E-state index contributed by atoms with van der Waals surface area (Å²) >= 11 is 0. The van der Waals surface area contributed by atoms with Crippen molar-refractivity contribution >= 4 is 5.97 Å². The summed E-state index contributed by atoms with van der Waals surface area (Å²) in [6.07, 6.45) is 7.72. The van der Waals surface area contributed by atoms with E-state index in [9.17, 15) is 4.79 Å². The summed E-state index contributed by atoms with van der Waals surface area (Å²) in [5.74, 6) is 0.918. The van der Waals surface area contributed by atoms with Gasteiger partial charge in [-0.1, -0.05) is 32.6 Å². The third-order valence-corrected chi connectivity index (χ3v) is 3.24. The standard InChI is InChI=1S/C11H20O2/c1-2-9-4-3-5-10(8-9)6-7-11(12)13/h9-10H,2-8H2,1H3,(H,12,13). The highest BCUT2D eigenvalue weighted by molar-refractivity contribution is 5.66. The van der Waals surface area contributed by atoms with Crippen molar-refractivity contribution < 1.29 is 9.90 Å². The molecular weight excluding hydrogens is 164 g/mol. The SMILES string of the molecule is CCC1CCCC(CCC(=O)O)C1. The normalized spacial score (nSPS) is 28.7. The Morgan fingerprint density at radius 2 is 2.08 bits per heavy atom. The smallest absolute Gasteiger partial charge is 0.303 e. The van der Waals surface area contributed by atoms with Gasteiger partial charge in [0.15, 0.2) is 0 Å². The third-order valence-electron chi connectivity index (χ3n) is 3.24. The quantitative estimate of drug-likeness (QED) is 0.729. The van der Waals surface area contributed by atoms with Crippen LogP contribution in [0.2, 0.25) is 0 Å². The number of hydrogen-bond donors (Lipinski definition) is 1. The van der Waals surface area contributed by atoms with Crippen LogP contribution in [-0.4, -0.2) is 11.1 Å². The van der Waals surface area contributed by atoms with E-state index in [1.54, 1.807) is 0 Å². The molecule has 1 rings (SSSR count). The Hall–Kier alpha value is -0.530. The predicted octanol–water partition coefficient (Wildman–Crippen LogP) is 3.07. The average molecular weight is 184 g/mol. The van der Waals surface area contributed by atoms with E-state index in [4.69, 9.17) is 5.11 Å². The number of hydrogen-bond acceptors (Lipinski definition) is 1. The second-order valence-corrected chi connectivity index (χ2v) is 4.24. The van der Waals surface area contributed by atoms with Crippen LogP contribution in [0.25, 0.3) is 0 Å². The Kier molecular flexibility index (Phi) is 4.26. The van der Waals surface area contributed by atoms with E-state index in [0.29, 0.717) is 12.3 Å². The Balaban J connectivity index is 2.21. The van der Waals surface area contributed by atoms with Crippen LogP contribution in [0.5, 0.6) is 0 Å². The summed E-state index contributed by atoms with van der Waals surface area (Å²) in [6.45, 7) is 2.24. The molecule has 0 amide bonds. The molecule has 0 aromatic carbocycles. The molecule has 0 radical (unpaired) electrons. The molecule has 0 bridgehead atoms. The Bertz CT molecular complexity index is 165. The van der Waals surface area contributed by atoms with Crippen LogP contribution in [0.15, 0.2) is 0 Å². The van der Waals surface area contributed by atoms with E-state index >= 15 is 0 Å². The fraction of sp³-hybridized carbons (Fsp3) is 0.909. The lowest BCUT2D eigenvalue weighted by Crippen LogP contribution is -2.15. The van der Waals surface area contributed by atoms with E-state index < -0.39 is 5.97 Å². The van der Waals surface area contributed by atoms with Gasteiger partial charge in [0.1, 0.15) is 0 Å². The zero-order valence-corrected chi connectivity index (χ0v) is 8.46. The van der Waals surface area contributed by atoms with Gasteiger partial charge >= 0.3 is 5.97 Å². The van der Waals surface area contributed by atoms with Gasteiger partial charge in [0.2, 0.25) is 0 Å². The Labute approximate surface area is 80.3 Å². The van der Waals surface area contributed by atoms with Gasteiger partial charge in [-0.05, 0) is 24.7 Å². The predicted molar refractivity (Wildman–Crippen MR) is 52.6 cm³/mol. The van der Waals surface area contributed by atoms with Crippen molar-refractivity contribution in [3.05, 3.63) is 0 Å². The Morgan fingerprint density at radius 3 is 2.69 bits per heavy atom. The second kappa shape index (κ2) is 5.25. The molecule has 0 saturated heterocycles. The Morgan fingerprint density at radius 1 is 1.38 bits per heavy atom. The molecule has 0 spiro atoms. The molecule has 2 nitrogen and oxygen atoms in total. The lowest BCUT2D eigenvalue weighted by Gasteiger charge is -2.27. The maximum Gasteiger partial charge on any atom is 0.303 e. The number of carbonyl (C=O) groups is 1. The number of rotatable bonds is 4. The summed E-state index contributed by atoms with van der Waals surface area (Å²) < 4.78 is 0. The molecule has 0 aliphatic heterocycles. The lowest BCUT2D eigenvalue weighted by atomic mass is 9.78.